The van der Waals surface area contributed by atoms with Gasteiger partial charge in [0, 0.05) is 10.8 Å². The van der Waals surface area contributed by atoms with Gasteiger partial charge in [0.25, 0.3) is 0 Å². The van der Waals surface area contributed by atoms with Crippen molar-refractivity contribution in [2.24, 2.45) is 10.8 Å². The van der Waals surface area contributed by atoms with Crippen molar-refractivity contribution in [2.45, 2.75) is 57.3 Å². The summed E-state index contributed by atoms with van der Waals surface area (Å²) >= 11 is 1.74. The second kappa shape index (κ2) is 5.76. The molecule has 0 aromatic heterocycles. The van der Waals surface area contributed by atoms with Crippen LogP contribution in [0.15, 0.2) is 47.4 Å². The molecule has 1 aliphatic heterocycles. The van der Waals surface area contributed by atoms with E-state index in [2.05, 4.69) is 64.1 Å². The van der Waals surface area contributed by atoms with Crippen molar-refractivity contribution in [2.75, 3.05) is 5.94 Å². The minimum absolute atomic E-state index is 0.0501. The van der Waals surface area contributed by atoms with Gasteiger partial charge in [0.2, 0.25) is 0 Å². The van der Waals surface area contributed by atoms with E-state index in [1.807, 2.05) is 6.07 Å². The van der Waals surface area contributed by atoms with Gasteiger partial charge in [-0.1, -0.05) is 63.7 Å². The van der Waals surface area contributed by atoms with Crippen molar-refractivity contribution in [3.63, 3.8) is 0 Å². The molecule has 0 radical (unpaired) electrons. The zero-order chi connectivity index (χ0) is 20.9. The lowest BCUT2D eigenvalue weighted by atomic mass is 9.52. The van der Waals surface area contributed by atoms with Gasteiger partial charge in [-0.25, -0.2) is 0 Å². The van der Waals surface area contributed by atoms with Crippen molar-refractivity contribution in [3.05, 3.63) is 53.6 Å². The number of phenols is 1. The van der Waals surface area contributed by atoms with Crippen LogP contribution in [0.1, 0.15) is 58.1 Å². The molecule has 3 aromatic rings. The highest BCUT2D eigenvalue weighted by molar-refractivity contribution is 7.99. The standard InChI is InChI=1S/C27H28O2S/c1-25(2)12-26(3,4)14-27(13-25)19-8-6-5-7-16(19)24-18-10-23-22(29-15-30-23)9-17(18)21(28)11-20(24)27/h5-11,28H,12-15H2,1-4H3. The first-order valence-electron chi connectivity index (χ1n) is 10.9. The van der Waals surface area contributed by atoms with Crippen molar-refractivity contribution in [1.29, 1.82) is 0 Å². The first-order valence-corrected chi connectivity index (χ1v) is 11.9. The van der Waals surface area contributed by atoms with Gasteiger partial charge in [-0.15, -0.1) is 0 Å². The second-order valence-electron chi connectivity index (χ2n) is 11.1. The Balaban J connectivity index is 1.73. The maximum absolute atomic E-state index is 11.2. The molecule has 1 heterocycles. The number of aromatic hydroxyl groups is 1. The summed E-state index contributed by atoms with van der Waals surface area (Å²) in [7, 11) is 0. The lowest BCUT2D eigenvalue weighted by Gasteiger charge is -2.51. The zero-order valence-corrected chi connectivity index (χ0v) is 19.0. The summed E-state index contributed by atoms with van der Waals surface area (Å²) in [6, 6.07) is 15.3. The Bertz CT molecular complexity index is 1210. The van der Waals surface area contributed by atoms with E-state index in [0.29, 0.717) is 11.7 Å². The van der Waals surface area contributed by atoms with Crippen LogP contribution in [0.3, 0.4) is 0 Å². The fourth-order valence-electron chi connectivity index (χ4n) is 7.22. The fourth-order valence-corrected chi connectivity index (χ4v) is 8.00. The normalized spacial score (nSPS) is 21.9. The minimum atomic E-state index is -0.0501. The number of hydrogen-bond acceptors (Lipinski definition) is 3. The highest BCUT2D eigenvalue weighted by Gasteiger charge is 2.53. The van der Waals surface area contributed by atoms with E-state index >= 15 is 0 Å². The topological polar surface area (TPSA) is 29.5 Å². The summed E-state index contributed by atoms with van der Waals surface area (Å²) < 4.78 is 5.77. The van der Waals surface area contributed by atoms with Crippen LogP contribution in [0.5, 0.6) is 11.5 Å². The van der Waals surface area contributed by atoms with Crippen molar-refractivity contribution < 1.29 is 9.84 Å². The van der Waals surface area contributed by atoms with Gasteiger partial charge < -0.3 is 9.84 Å². The average Bonchev–Trinajstić information content (AvgIpc) is 3.20. The lowest BCUT2D eigenvalue weighted by Crippen LogP contribution is -2.43. The molecule has 30 heavy (non-hydrogen) atoms. The molecule has 1 saturated carbocycles. The Morgan fingerprint density at radius 3 is 2.37 bits per heavy atom. The molecular weight excluding hydrogens is 388 g/mol. The van der Waals surface area contributed by atoms with E-state index in [1.54, 1.807) is 11.8 Å². The molecular formula is C27H28O2S. The molecule has 0 amide bonds. The van der Waals surface area contributed by atoms with Gasteiger partial charge in [0.1, 0.15) is 17.4 Å². The SMILES string of the molecule is CC1(C)CC(C)(C)CC2(C1)c1ccccc1-c1c2cc(O)c2cc3c(cc12)SCO3. The van der Waals surface area contributed by atoms with Gasteiger partial charge in [-0.2, -0.15) is 0 Å². The van der Waals surface area contributed by atoms with Gasteiger partial charge in [0.05, 0.1) is 4.90 Å². The van der Waals surface area contributed by atoms with E-state index < -0.39 is 0 Å². The largest absolute Gasteiger partial charge is 0.507 e. The molecule has 3 heteroatoms. The molecule has 3 aliphatic rings. The van der Waals surface area contributed by atoms with Crippen LogP contribution in [0, 0.1) is 10.8 Å². The van der Waals surface area contributed by atoms with Crippen molar-refractivity contribution in [3.8, 4) is 22.6 Å². The summed E-state index contributed by atoms with van der Waals surface area (Å²) in [5, 5.41) is 13.2. The summed E-state index contributed by atoms with van der Waals surface area (Å²) in [5.41, 5.74) is 5.85. The molecule has 0 unspecified atom stereocenters. The zero-order valence-electron chi connectivity index (χ0n) is 18.1. The molecule has 1 fully saturated rings. The Labute approximate surface area is 182 Å². The van der Waals surface area contributed by atoms with E-state index in [9.17, 15) is 5.11 Å². The van der Waals surface area contributed by atoms with Crippen LogP contribution in [0.4, 0.5) is 0 Å². The lowest BCUT2D eigenvalue weighted by molar-refractivity contribution is 0.0645. The Morgan fingerprint density at radius 2 is 1.60 bits per heavy atom. The Hall–Kier alpha value is -2.13. The molecule has 1 spiro atoms. The number of thioether (sulfide) groups is 1. The highest BCUT2D eigenvalue weighted by atomic mass is 32.2. The number of ether oxygens (including phenoxy) is 1. The predicted molar refractivity (Wildman–Crippen MR) is 125 cm³/mol. The molecule has 0 saturated heterocycles. The number of benzene rings is 3. The number of hydrogen-bond donors (Lipinski definition) is 1. The average molecular weight is 417 g/mol. The third-order valence-corrected chi connectivity index (χ3v) is 8.22. The quantitative estimate of drug-likeness (QED) is 0.412. The third-order valence-electron chi connectivity index (χ3n) is 7.35. The van der Waals surface area contributed by atoms with Crippen LogP contribution in [0.2, 0.25) is 0 Å². The summed E-state index contributed by atoms with van der Waals surface area (Å²) in [6.45, 7) is 9.66. The van der Waals surface area contributed by atoms with Gasteiger partial charge in [-0.05, 0) is 75.9 Å². The van der Waals surface area contributed by atoms with Gasteiger partial charge >= 0.3 is 0 Å². The van der Waals surface area contributed by atoms with Crippen LogP contribution in [0.25, 0.3) is 21.9 Å². The van der Waals surface area contributed by atoms with Crippen LogP contribution in [-0.2, 0) is 5.41 Å². The highest BCUT2D eigenvalue weighted by Crippen LogP contribution is 2.65. The number of rotatable bonds is 0. The first-order chi connectivity index (χ1) is 14.2. The molecule has 1 N–H and O–H groups in total. The van der Waals surface area contributed by atoms with Crippen LogP contribution < -0.4 is 4.74 Å². The molecule has 0 atom stereocenters. The van der Waals surface area contributed by atoms with Crippen LogP contribution >= 0.6 is 11.8 Å². The minimum Gasteiger partial charge on any atom is -0.507 e. The second-order valence-corrected chi connectivity index (χ2v) is 12.0. The third kappa shape index (κ3) is 2.45. The maximum Gasteiger partial charge on any atom is 0.138 e. The smallest absolute Gasteiger partial charge is 0.138 e. The monoisotopic (exact) mass is 416 g/mol. The Morgan fingerprint density at radius 1 is 0.867 bits per heavy atom. The predicted octanol–water partition coefficient (Wildman–Crippen LogP) is 7.49. The molecule has 3 aromatic carbocycles. The number of phenolic OH excluding ortho intramolecular Hbond substituents is 1. The molecule has 2 nitrogen and oxygen atoms in total. The molecule has 0 bridgehead atoms. The first kappa shape index (κ1) is 18.6. The molecule has 6 rings (SSSR count). The molecule has 154 valence electrons. The van der Waals surface area contributed by atoms with Gasteiger partial charge in [-0.3, -0.25) is 0 Å². The van der Waals surface area contributed by atoms with Crippen molar-refractivity contribution >= 4 is 22.5 Å². The van der Waals surface area contributed by atoms with Crippen molar-refractivity contribution in [1.82, 2.24) is 0 Å². The van der Waals surface area contributed by atoms with E-state index in [0.717, 1.165) is 29.4 Å². The summed E-state index contributed by atoms with van der Waals surface area (Å²) in [6.07, 6.45) is 3.45. The summed E-state index contributed by atoms with van der Waals surface area (Å²) in [4.78, 5) is 1.18. The van der Waals surface area contributed by atoms with E-state index in [-0.39, 0.29) is 16.2 Å². The number of fused-ring (bicyclic) bond motifs is 8. The van der Waals surface area contributed by atoms with Gasteiger partial charge in [0.15, 0.2) is 0 Å². The van der Waals surface area contributed by atoms with E-state index in [1.165, 1.54) is 33.6 Å². The summed E-state index contributed by atoms with van der Waals surface area (Å²) in [5.74, 6) is 1.92. The maximum atomic E-state index is 11.2. The Kier molecular flexibility index (Phi) is 3.58. The molecule has 2 aliphatic carbocycles. The fraction of sp³-hybridized carbons (Fsp3) is 0.407. The van der Waals surface area contributed by atoms with Crippen LogP contribution in [-0.4, -0.2) is 11.0 Å². The van der Waals surface area contributed by atoms with E-state index in [4.69, 9.17) is 4.74 Å².